The van der Waals surface area contributed by atoms with E-state index in [1.54, 1.807) is 20.8 Å². The highest BCUT2D eigenvalue weighted by atomic mass is 16.1. The second-order valence-electron chi connectivity index (χ2n) is 4.15. The first-order valence-corrected chi connectivity index (χ1v) is 4.97. The Morgan fingerprint density at radius 2 is 1.47 bits per heavy atom. The Bertz CT molecular complexity index is 420. The lowest BCUT2D eigenvalue weighted by atomic mass is 9.83. The minimum atomic E-state index is -0.0108. The van der Waals surface area contributed by atoms with E-state index >= 15 is 0 Å². The topological polar surface area (TPSA) is 34.1 Å². The van der Waals surface area contributed by atoms with Crippen molar-refractivity contribution in [3.05, 3.63) is 34.4 Å². The monoisotopic (exact) mass is 204 g/mol. The largest absolute Gasteiger partial charge is 0.289 e. The standard InChI is InChI=1S/C13H16O2/c1-7(2)6-11-10(5)12(14)8(3)9(4)13(11)15/h1,6H2,2-5H3. The second-order valence-corrected chi connectivity index (χ2v) is 4.15. The van der Waals surface area contributed by atoms with Crippen LogP contribution < -0.4 is 0 Å². The zero-order chi connectivity index (χ0) is 11.7. The van der Waals surface area contributed by atoms with Crippen LogP contribution in [0.25, 0.3) is 0 Å². The number of ketones is 2. The fourth-order valence-corrected chi connectivity index (χ4v) is 1.67. The Morgan fingerprint density at radius 1 is 1.00 bits per heavy atom. The van der Waals surface area contributed by atoms with E-state index in [2.05, 4.69) is 6.58 Å². The number of hydrogen-bond donors (Lipinski definition) is 0. The summed E-state index contributed by atoms with van der Waals surface area (Å²) >= 11 is 0. The molecule has 1 aliphatic carbocycles. The van der Waals surface area contributed by atoms with Crippen molar-refractivity contribution in [1.29, 1.82) is 0 Å². The molecule has 0 fully saturated rings. The van der Waals surface area contributed by atoms with E-state index in [9.17, 15) is 9.59 Å². The number of Topliss-reactive ketones (excluding diaryl/α,β-unsaturated/α-hetero) is 2. The smallest absolute Gasteiger partial charge is 0.185 e. The zero-order valence-electron chi connectivity index (χ0n) is 9.73. The van der Waals surface area contributed by atoms with E-state index in [1.807, 2.05) is 6.92 Å². The minimum absolute atomic E-state index is 0.00685. The molecule has 0 aromatic carbocycles. The minimum Gasteiger partial charge on any atom is -0.289 e. The molecule has 2 heteroatoms. The van der Waals surface area contributed by atoms with Crippen LogP contribution in [0.1, 0.15) is 34.1 Å². The Kier molecular flexibility index (Phi) is 3.08. The molecule has 0 heterocycles. The molecule has 1 rings (SSSR count). The van der Waals surface area contributed by atoms with E-state index in [0.29, 0.717) is 28.7 Å². The molecule has 0 aromatic heterocycles. The van der Waals surface area contributed by atoms with Crippen molar-refractivity contribution in [2.24, 2.45) is 0 Å². The number of carbonyl (C=O) groups excluding carboxylic acids is 2. The molecule has 1 aliphatic rings. The summed E-state index contributed by atoms with van der Waals surface area (Å²) in [6.07, 6.45) is 0.501. The molecule has 0 saturated heterocycles. The molecule has 15 heavy (non-hydrogen) atoms. The van der Waals surface area contributed by atoms with Gasteiger partial charge in [0.25, 0.3) is 0 Å². The van der Waals surface area contributed by atoms with E-state index in [0.717, 1.165) is 5.57 Å². The molecule has 0 aromatic rings. The van der Waals surface area contributed by atoms with Gasteiger partial charge in [-0.25, -0.2) is 0 Å². The molecule has 80 valence electrons. The van der Waals surface area contributed by atoms with Crippen molar-refractivity contribution in [3.8, 4) is 0 Å². The van der Waals surface area contributed by atoms with Gasteiger partial charge in [0, 0.05) is 22.3 Å². The summed E-state index contributed by atoms with van der Waals surface area (Å²) in [7, 11) is 0. The van der Waals surface area contributed by atoms with Gasteiger partial charge >= 0.3 is 0 Å². The fourth-order valence-electron chi connectivity index (χ4n) is 1.67. The highest BCUT2D eigenvalue weighted by Crippen LogP contribution is 2.27. The SMILES string of the molecule is C=C(C)CC1=C(C)C(=O)C(C)=C(C)C1=O. The lowest BCUT2D eigenvalue weighted by molar-refractivity contribution is -0.116. The number of rotatable bonds is 2. The molecule has 0 unspecified atom stereocenters. The maximum Gasteiger partial charge on any atom is 0.185 e. The van der Waals surface area contributed by atoms with E-state index < -0.39 is 0 Å². The van der Waals surface area contributed by atoms with Crippen molar-refractivity contribution in [2.45, 2.75) is 34.1 Å². The predicted molar refractivity (Wildman–Crippen MR) is 60.5 cm³/mol. The van der Waals surface area contributed by atoms with E-state index in [4.69, 9.17) is 0 Å². The second kappa shape index (κ2) is 3.97. The molecule has 0 N–H and O–H groups in total. The molecule has 0 aliphatic heterocycles. The summed E-state index contributed by atoms with van der Waals surface area (Å²) in [6, 6.07) is 0. The van der Waals surface area contributed by atoms with Crippen LogP contribution in [0.3, 0.4) is 0 Å². The van der Waals surface area contributed by atoms with Crippen LogP contribution in [0, 0.1) is 0 Å². The molecule has 0 saturated carbocycles. The maximum atomic E-state index is 11.9. The summed E-state index contributed by atoms with van der Waals surface area (Å²) in [6.45, 7) is 10.8. The molecule has 0 atom stereocenters. The third kappa shape index (κ3) is 1.99. The highest BCUT2D eigenvalue weighted by molar-refractivity contribution is 6.24. The van der Waals surface area contributed by atoms with Gasteiger partial charge in [0.1, 0.15) is 0 Å². The van der Waals surface area contributed by atoms with E-state index in [-0.39, 0.29) is 11.6 Å². The van der Waals surface area contributed by atoms with Gasteiger partial charge in [-0.3, -0.25) is 9.59 Å². The highest BCUT2D eigenvalue weighted by Gasteiger charge is 2.27. The van der Waals surface area contributed by atoms with Gasteiger partial charge < -0.3 is 0 Å². The van der Waals surface area contributed by atoms with E-state index in [1.165, 1.54) is 0 Å². The summed E-state index contributed by atoms with van der Waals surface area (Å²) in [4.78, 5) is 23.7. The van der Waals surface area contributed by atoms with Gasteiger partial charge in [0.2, 0.25) is 0 Å². The molecule has 2 nitrogen and oxygen atoms in total. The molecular weight excluding hydrogens is 188 g/mol. The van der Waals surface area contributed by atoms with Crippen LogP contribution in [0.2, 0.25) is 0 Å². The molecule has 0 bridgehead atoms. The summed E-state index contributed by atoms with van der Waals surface area (Å²) in [5.41, 5.74) is 3.23. The lowest BCUT2D eigenvalue weighted by Gasteiger charge is -2.18. The first kappa shape index (κ1) is 11.6. The lowest BCUT2D eigenvalue weighted by Crippen LogP contribution is -2.20. The van der Waals surface area contributed by atoms with Gasteiger partial charge in [-0.15, -0.1) is 0 Å². The number of hydrogen-bond acceptors (Lipinski definition) is 2. The Labute approximate surface area is 90.4 Å². The van der Waals surface area contributed by atoms with Crippen molar-refractivity contribution >= 4 is 11.6 Å². The van der Waals surface area contributed by atoms with Crippen LogP contribution in [-0.2, 0) is 9.59 Å². The van der Waals surface area contributed by atoms with Crippen LogP contribution in [0.15, 0.2) is 34.4 Å². The van der Waals surface area contributed by atoms with Crippen LogP contribution in [-0.4, -0.2) is 11.6 Å². The molecular formula is C13H16O2. The first-order chi connectivity index (χ1) is 6.86. The summed E-state index contributed by atoms with van der Waals surface area (Å²) in [5.74, 6) is -0.0176. The van der Waals surface area contributed by atoms with Crippen molar-refractivity contribution in [1.82, 2.24) is 0 Å². The average Bonchev–Trinajstić information content (AvgIpc) is 2.18. The number of allylic oxidation sites excluding steroid dienone is 5. The quantitative estimate of drug-likeness (QED) is 0.512. The van der Waals surface area contributed by atoms with Gasteiger partial charge in [-0.05, 0) is 34.1 Å². The third-order valence-corrected chi connectivity index (χ3v) is 2.79. The molecule has 0 amide bonds. The van der Waals surface area contributed by atoms with Gasteiger partial charge in [0.05, 0.1) is 0 Å². The van der Waals surface area contributed by atoms with Crippen molar-refractivity contribution in [2.75, 3.05) is 0 Å². The Balaban J connectivity index is 3.22. The summed E-state index contributed by atoms with van der Waals surface area (Å²) in [5, 5.41) is 0. The maximum absolute atomic E-state index is 11.9. The van der Waals surface area contributed by atoms with Crippen LogP contribution >= 0.6 is 0 Å². The van der Waals surface area contributed by atoms with Crippen molar-refractivity contribution in [3.63, 3.8) is 0 Å². The fraction of sp³-hybridized carbons (Fsp3) is 0.385. The molecule has 0 radical (unpaired) electrons. The normalized spacial score (nSPS) is 17.6. The van der Waals surface area contributed by atoms with Crippen LogP contribution in [0.5, 0.6) is 0 Å². The summed E-state index contributed by atoms with van der Waals surface area (Å²) < 4.78 is 0. The van der Waals surface area contributed by atoms with Crippen molar-refractivity contribution < 1.29 is 9.59 Å². The zero-order valence-corrected chi connectivity index (χ0v) is 9.73. The first-order valence-electron chi connectivity index (χ1n) is 4.97. The Morgan fingerprint density at radius 3 is 1.93 bits per heavy atom. The third-order valence-electron chi connectivity index (χ3n) is 2.79. The van der Waals surface area contributed by atoms with Gasteiger partial charge in [-0.1, -0.05) is 12.2 Å². The predicted octanol–water partition coefficient (Wildman–Crippen LogP) is 2.76. The van der Waals surface area contributed by atoms with Gasteiger partial charge in [0.15, 0.2) is 11.6 Å². The average molecular weight is 204 g/mol. The Hall–Kier alpha value is -1.44. The molecule has 0 spiro atoms. The number of carbonyl (C=O) groups is 2. The van der Waals surface area contributed by atoms with Crippen LogP contribution in [0.4, 0.5) is 0 Å². The van der Waals surface area contributed by atoms with Gasteiger partial charge in [-0.2, -0.15) is 0 Å².